The molecule has 0 fully saturated rings. The van der Waals surface area contributed by atoms with Crippen LogP contribution in [0.15, 0.2) is 53.6 Å². The molecule has 2 rings (SSSR count). The lowest BCUT2D eigenvalue weighted by atomic mass is 10.1. The third-order valence-corrected chi connectivity index (χ3v) is 3.05. The van der Waals surface area contributed by atoms with E-state index in [0.29, 0.717) is 5.71 Å². The van der Waals surface area contributed by atoms with E-state index in [2.05, 4.69) is 10.5 Å². The van der Waals surface area contributed by atoms with Gasteiger partial charge in [0.2, 0.25) is 0 Å². The number of para-hydroxylation sites is 1. The maximum absolute atomic E-state index is 13.3. The maximum atomic E-state index is 13.3. The standard InChI is InChI=1S/C17H17FN2O3/c1-12(13-7-9-14(22-2)10-8-13)19-20-17(21)11-23-16-6-4-3-5-15(16)18/h3-10H,11H2,1-2H3,(H,20,21)/b19-12+. The number of carbonyl (C=O) groups is 1. The Balaban J connectivity index is 1.88. The number of methoxy groups -OCH3 is 1. The van der Waals surface area contributed by atoms with Crippen molar-refractivity contribution in [3.8, 4) is 11.5 Å². The molecule has 2 aromatic rings. The molecule has 0 aliphatic heterocycles. The summed E-state index contributed by atoms with van der Waals surface area (Å²) in [6.07, 6.45) is 0. The van der Waals surface area contributed by atoms with Crippen LogP contribution in [0.25, 0.3) is 0 Å². The average molecular weight is 316 g/mol. The van der Waals surface area contributed by atoms with Crippen molar-refractivity contribution in [2.45, 2.75) is 6.92 Å². The van der Waals surface area contributed by atoms with Crippen molar-refractivity contribution in [1.82, 2.24) is 5.43 Å². The van der Waals surface area contributed by atoms with Crippen molar-refractivity contribution >= 4 is 11.6 Å². The highest BCUT2D eigenvalue weighted by Crippen LogP contribution is 2.15. The Kier molecular flexibility index (Phi) is 5.68. The van der Waals surface area contributed by atoms with E-state index >= 15 is 0 Å². The number of ether oxygens (including phenoxy) is 2. The highest BCUT2D eigenvalue weighted by atomic mass is 19.1. The zero-order valence-corrected chi connectivity index (χ0v) is 12.9. The van der Waals surface area contributed by atoms with Gasteiger partial charge in [0.05, 0.1) is 12.8 Å². The summed E-state index contributed by atoms with van der Waals surface area (Å²) in [4.78, 5) is 11.7. The highest BCUT2D eigenvalue weighted by Gasteiger charge is 2.06. The van der Waals surface area contributed by atoms with Crippen LogP contribution in [0.1, 0.15) is 12.5 Å². The van der Waals surface area contributed by atoms with Crippen LogP contribution in [0, 0.1) is 5.82 Å². The molecule has 0 aliphatic rings. The minimum atomic E-state index is -0.516. The third kappa shape index (κ3) is 4.81. The predicted molar refractivity (Wildman–Crippen MR) is 85.2 cm³/mol. The van der Waals surface area contributed by atoms with Gasteiger partial charge < -0.3 is 9.47 Å². The van der Waals surface area contributed by atoms with Crippen molar-refractivity contribution in [3.63, 3.8) is 0 Å². The molecule has 1 amide bonds. The molecule has 0 saturated heterocycles. The molecular weight excluding hydrogens is 299 g/mol. The van der Waals surface area contributed by atoms with Gasteiger partial charge in [-0.15, -0.1) is 0 Å². The molecule has 0 saturated carbocycles. The first-order valence-electron chi connectivity index (χ1n) is 6.95. The Labute approximate surface area is 133 Å². The smallest absolute Gasteiger partial charge is 0.277 e. The number of hydrazone groups is 1. The van der Waals surface area contributed by atoms with Crippen LogP contribution in [0.5, 0.6) is 11.5 Å². The van der Waals surface area contributed by atoms with E-state index < -0.39 is 11.7 Å². The lowest BCUT2D eigenvalue weighted by molar-refractivity contribution is -0.123. The monoisotopic (exact) mass is 316 g/mol. The van der Waals surface area contributed by atoms with Gasteiger partial charge in [0.15, 0.2) is 18.2 Å². The number of carbonyl (C=O) groups excluding carboxylic acids is 1. The molecule has 0 heterocycles. The van der Waals surface area contributed by atoms with Gasteiger partial charge in [-0.3, -0.25) is 4.79 Å². The van der Waals surface area contributed by atoms with Gasteiger partial charge in [-0.25, -0.2) is 9.82 Å². The number of benzene rings is 2. The molecule has 0 aliphatic carbocycles. The topological polar surface area (TPSA) is 59.9 Å². The number of halogens is 1. The first-order valence-corrected chi connectivity index (χ1v) is 6.95. The lowest BCUT2D eigenvalue weighted by Gasteiger charge is -2.07. The number of hydrogen-bond donors (Lipinski definition) is 1. The number of nitrogens with zero attached hydrogens (tertiary/aromatic N) is 1. The molecular formula is C17H17FN2O3. The van der Waals surface area contributed by atoms with Gasteiger partial charge >= 0.3 is 0 Å². The van der Waals surface area contributed by atoms with E-state index in [-0.39, 0.29) is 12.4 Å². The molecule has 5 nitrogen and oxygen atoms in total. The molecule has 0 atom stereocenters. The van der Waals surface area contributed by atoms with Gasteiger partial charge in [0.1, 0.15) is 5.75 Å². The summed E-state index contributed by atoms with van der Waals surface area (Å²) in [7, 11) is 1.59. The summed E-state index contributed by atoms with van der Waals surface area (Å²) in [5.74, 6) is -0.221. The van der Waals surface area contributed by atoms with Crippen molar-refractivity contribution in [2.75, 3.05) is 13.7 Å². The van der Waals surface area contributed by atoms with Gasteiger partial charge in [-0.05, 0) is 48.9 Å². The van der Waals surface area contributed by atoms with Crippen molar-refractivity contribution in [3.05, 3.63) is 59.9 Å². The highest BCUT2D eigenvalue weighted by molar-refractivity contribution is 5.99. The number of nitrogens with one attached hydrogen (secondary N) is 1. The van der Waals surface area contributed by atoms with E-state index in [0.717, 1.165) is 11.3 Å². The number of amides is 1. The fourth-order valence-electron chi connectivity index (χ4n) is 1.78. The summed E-state index contributed by atoms with van der Waals surface area (Å²) < 4.78 is 23.5. The van der Waals surface area contributed by atoms with Crippen molar-refractivity contribution in [1.29, 1.82) is 0 Å². The van der Waals surface area contributed by atoms with E-state index in [4.69, 9.17) is 9.47 Å². The summed E-state index contributed by atoms with van der Waals surface area (Å²) in [5, 5.41) is 3.99. The lowest BCUT2D eigenvalue weighted by Crippen LogP contribution is -2.25. The molecule has 1 N–H and O–H groups in total. The zero-order chi connectivity index (χ0) is 16.7. The Morgan fingerprint density at radius 3 is 2.52 bits per heavy atom. The van der Waals surface area contributed by atoms with Gasteiger partial charge in [0.25, 0.3) is 5.91 Å². The summed E-state index contributed by atoms with van der Waals surface area (Å²) in [6.45, 7) is 1.44. The maximum Gasteiger partial charge on any atom is 0.277 e. The fourth-order valence-corrected chi connectivity index (χ4v) is 1.78. The molecule has 0 aromatic heterocycles. The third-order valence-electron chi connectivity index (χ3n) is 3.05. The van der Waals surface area contributed by atoms with Crippen LogP contribution in [-0.4, -0.2) is 25.3 Å². The van der Waals surface area contributed by atoms with Gasteiger partial charge in [-0.1, -0.05) is 12.1 Å². The largest absolute Gasteiger partial charge is 0.497 e. The molecule has 2 aromatic carbocycles. The quantitative estimate of drug-likeness (QED) is 0.658. The van der Waals surface area contributed by atoms with Crippen molar-refractivity contribution < 1.29 is 18.7 Å². The number of rotatable bonds is 6. The van der Waals surface area contributed by atoms with Crippen molar-refractivity contribution in [2.24, 2.45) is 5.10 Å². The summed E-state index contributed by atoms with van der Waals surface area (Å²) in [6, 6.07) is 13.2. The van der Waals surface area contributed by atoms with Crippen LogP contribution < -0.4 is 14.9 Å². The minimum absolute atomic E-state index is 0.0264. The van der Waals surface area contributed by atoms with Crippen LogP contribution in [-0.2, 0) is 4.79 Å². The second-order valence-electron chi connectivity index (χ2n) is 4.68. The van der Waals surface area contributed by atoms with E-state index in [9.17, 15) is 9.18 Å². The molecule has 0 radical (unpaired) electrons. The molecule has 23 heavy (non-hydrogen) atoms. The second kappa shape index (κ2) is 7.93. The Bertz CT molecular complexity index is 699. The molecule has 0 bridgehead atoms. The first-order chi connectivity index (χ1) is 11.1. The fraction of sp³-hybridized carbons (Fsp3) is 0.176. The Hall–Kier alpha value is -2.89. The first kappa shape index (κ1) is 16.5. The Morgan fingerprint density at radius 1 is 1.17 bits per heavy atom. The molecule has 0 unspecified atom stereocenters. The van der Waals surface area contributed by atoms with Crippen LogP contribution in [0.3, 0.4) is 0 Å². The average Bonchev–Trinajstić information content (AvgIpc) is 2.59. The van der Waals surface area contributed by atoms with E-state index in [1.54, 1.807) is 38.3 Å². The van der Waals surface area contributed by atoms with Crippen LogP contribution in [0.2, 0.25) is 0 Å². The second-order valence-corrected chi connectivity index (χ2v) is 4.68. The molecule has 0 spiro atoms. The number of hydrogen-bond acceptors (Lipinski definition) is 4. The zero-order valence-electron chi connectivity index (χ0n) is 12.9. The SMILES string of the molecule is COc1ccc(/C(C)=N/NC(=O)COc2ccccc2F)cc1. The normalized spacial score (nSPS) is 11.0. The summed E-state index contributed by atoms with van der Waals surface area (Å²) in [5.41, 5.74) is 3.85. The van der Waals surface area contributed by atoms with Gasteiger partial charge in [0, 0.05) is 0 Å². The van der Waals surface area contributed by atoms with Gasteiger partial charge in [-0.2, -0.15) is 5.10 Å². The van der Waals surface area contributed by atoms with Crippen LogP contribution in [0.4, 0.5) is 4.39 Å². The van der Waals surface area contributed by atoms with Crippen LogP contribution >= 0.6 is 0 Å². The Morgan fingerprint density at radius 2 is 1.87 bits per heavy atom. The molecule has 120 valence electrons. The predicted octanol–water partition coefficient (Wildman–Crippen LogP) is 2.75. The molecule has 6 heteroatoms. The minimum Gasteiger partial charge on any atom is -0.497 e. The van der Waals surface area contributed by atoms with E-state index in [1.165, 1.54) is 12.1 Å². The summed E-state index contributed by atoms with van der Waals surface area (Å²) >= 11 is 0. The van der Waals surface area contributed by atoms with E-state index in [1.807, 2.05) is 12.1 Å².